The number of aromatic nitrogens is 1. The molecule has 1 amide bonds. The lowest BCUT2D eigenvalue weighted by atomic mass is 9.84. The number of carbonyl (C=O) groups is 1. The number of halogens is 1. The van der Waals surface area contributed by atoms with Crippen LogP contribution in [-0.4, -0.2) is 67.6 Å². The summed E-state index contributed by atoms with van der Waals surface area (Å²) in [7, 11) is 0. The molecule has 0 bridgehead atoms. The number of ether oxygens (including phenoxy) is 1. The van der Waals surface area contributed by atoms with Gasteiger partial charge in [-0.1, -0.05) is 36.4 Å². The molecular formula is C27H27FN2O6. The molecule has 5 rings (SSSR count). The fourth-order valence-corrected chi connectivity index (χ4v) is 4.81. The second-order valence-electron chi connectivity index (χ2n) is 9.40. The Balaban J connectivity index is 1.49. The van der Waals surface area contributed by atoms with E-state index in [1.54, 1.807) is 12.3 Å². The average Bonchev–Trinajstić information content (AvgIpc) is 3.22. The van der Waals surface area contributed by atoms with Gasteiger partial charge in [-0.2, -0.15) is 0 Å². The topological polar surface area (TPSA) is 124 Å². The maximum absolute atomic E-state index is 14.2. The fraction of sp³-hybridized carbons (Fsp3) is 0.296. The molecule has 0 spiro atoms. The van der Waals surface area contributed by atoms with Crippen LogP contribution in [0, 0.1) is 5.82 Å². The van der Waals surface area contributed by atoms with Crippen molar-refractivity contribution in [2.45, 2.75) is 43.6 Å². The smallest absolute Gasteiger partial charge is 0.254 e. The quantitative estimate of drug-likeness (QED) is 0.289. The Morgan fingerprint density at radius 2 is 1.83 bits per heavy atom. The van der Waals surface area contributed by atoms with Crippen LogP contribution in [0.4, 0.5) is 4.39 Å². The second kappa shape index (κ2) is 9.27. The van der Waals surface area contributed by atoms with Crippen molar-refractivity contribution in [3.63, 3.8) is 0 Å². The summed E-state index contributed by atoms with van der Waals surface area (Å²) in [5.74, 6) is -1.21. The van der Waals surface area contributed by atoms with E-state index < -0.39 is 48.5 Å². The van der Waals surface area contributed by atoms with Gasteiger partial charge in [-0.25, -0.2) is 4.39 Å². The van der Waals surface area contributed by atoms with E-state index in [4.69, 9.17) is 4.74 Å². The molecule has 36 heavy (non-hydrogen) atoms. The van der Waals surface area contributed by atoms with Crippen molar-refractivity contribution in [1.29, 1.82) is 0 Å². The lowest BCUT2D eigenvalue weighted by Gasteiger charge is -2.47. The van der Waals surface area contributed by atoms with E-state index in [-0.39, 0.29) is 5.56 Å². The normalized spacial score (nSPS) is 26.4. The highest BCUT2D eigenvalue weighted by Crippen LogP contribution is 2.30. The maximum atomic E-state index is 14.2. The third-order valence-corrected chi connectivity index (χ3v) is 6.95. The zero-order valence-corrected chi connectivity index (χ0v) is 19.5. The van der Waals surface area contributed by atoms with Crippen LogP contribution in [0.2, 0.25) is 0 Å². The molecule has 2 heterocycles. The van der Waals surface area contributed by atoms with Gasteiger partial charge in [0.25, 0.3) is 5.91 Å². The first-order valence-corrected chi connectivity index (χ1v) is 11.6. The average molecular weight is 495 g/mol. The van der Waals surface area contributed by atoms with E-state index >= 15 is 0 Å². The van der Waals surface area contributed by atoms with Crippen LogP contribution in [-0.2, 0) is 11.3 Å². The number of carbonyl (C=O) groups excluding carboxylic acids is 1. The third-order valence-electron chi connectivity index (χ3n) is 6.95. The van der Waals surface area contributed by atoms with E-state index in [0.717, 1.165) is 16.3 Å². The van der Waals surface area contributed by atoms with Crippen molar-refractivity contribution in [3.8, 4) is 0 Å². The lowest BCUT2D eigenvalue weighted by molar-refractivity contribution is -0.278. The van der Waals surface area contributed by atoms with Crippen LogP contribution in [0.1, 0.15) is 22.8 Å². The highest BCUT2D eigenvalue weighted by molar-refractivity contribution is 6.07. The molecule has 1 fully saturated rings. The number of nitrogens with one attached hydrogen (secondary N) is 1. The van der Waals surface area contributed by atoms with E-state index in [0.29, 0.717) is 17.4 Å². The zero-order chi connectivity index (χ0) is 25.6. The van der Waals surface area contributed by atoms with E-state index in [1.165, 1.54) is 19.1 Å². The van der Waals surface area contributed by atoms with Crippen LogP contribution in [0.3, 0.4) is 0 Å². The van der Waals surface area contributed by atoms with Crippen molar-refractivity contribution in [2.24, 2.45) is 0 Å². The number of amides is 1. The highest BCUT2D eigenvalue weighted by atomic mass is 19.1. The number of rotatable bonds is 5. The van der Waals surface area contributed by atoms with Gasteiger partial charge in [0.1, 0.15) is 29.7 Å². The first-order chi connectivity index (χ1) is 17.2. The Kier molecular flexibility index (Phi) is 6.27. The minimum atomic E-state index is -1.79. The number of aliphatic hydroxyl groups excluding tert-OH is 4. The van der Waals surface area contributed by atoms with Gasteiger partial charge < -0.3 is 35.0 Å². The molecule has 0 radical (unpaired) electrons. The Morgan fingerprint density at radius 3 is 2.58 bits per heavy atom. The van der Waals surface area contributed by atoms with Gasteiger partial charge in [-0.3, -0.25) is 4.79 Å². The van der Waals surface area contributed by atoms with Gasteiger partial charge >= 0.3 is 0 Å². The standard InChI is InChI=1S/C27H27FN2O6/c1-27(24(33)23(32)22(14-31)36-26(27)35)29-25(34)20-13-30(21-9-8-18(28)11-19(20)21)12-15-6-7-16-4-2-3-5-17(16)10-15/h2-11,13,22-24,26,31-33,35H,12,14H2,1H3,(H,29,34)/t22-,23-,24+,26?,27-/m1/s1. The summed E-state index contributed by atoms with van der Waals surface area (Å²) in [5, 5.41) is 45.8. The molecule has 9 heteroatoms. The second-order valence-corrected chi connectivity index (χ2v) is 9.40. The number of fused-ring (bicyclic) bond motifs is 2. The summed E-state index contributed by atoms with van der Waals surface area (Å²) in [6, 6.07) is 18.2. The molecule has 5 N–H and O–H groups in total. The molecule has 1 aliphatic rings. The van der Waals surface area contributed by atoms with Gasteiger partial charge in [-0.15, -0.1) is 0 Å². The van der Waals surface area contributed by atoms with Crippen LogP contribution in [0.25, 0.3) is 21.7 Å². The van der Waals surface area contributed by atoms with Crippen molar-refractivity contribution in [2.75, 3.05) is 6.61 Å². The summed E-state index contributed by atoms with van der Waals surface area (Å²) >= 11 is 0. The van der Waals surface area contributed by atoms with Gasteiger partial charge in [0, 0.05) is 23.6 Å². The predicted molar refractivity (Wildman–Crippen MR) is 131 cm³/mol. The molecule has 1 aromatic heterocycles. The van der Waals surface area contributed by atoms with Crippen molar-refractivity contribution in [1.82, 2.24) is 9.88 Å². The van der Waals surface area contributed by atoms with Crippen molar-refractivity contribution < 1.29 is 34.3 Å². The van der Waals surface area contributed by atoms with Crippen LogP contribution >= 0.6 is 0 Å². The fourth-order valence-electron chi connectivity index (χ4n) is 4.81. The minimum Gasteiger partial charge on any atom is -0.394 e. The molecule has 1 saturated heterocycles. The Labute approximate surface area is 206 Å². The number of hydrogen-bond acceptors (Lipinski definition) is 6. The van der Waals surface area contributed by atoms with Gasteiger partial charge in [0.2, 0.25) is 0 Å². The number of aliphatic hydroxyl groups is 4. The molecule has 1 unspecified atom stereocenters. The first kappa shape index (κ1) is 24.4. The summed E-state index contributed by atoms with van der Waals surface area (Å²) in [4.78, 5) is 13.4. The summed E-state index contributed by atoms with van der Waals surface area (Å²) in [5.41, 5.74) is -0.0492. The monoisotopic (exact) mass is 494 g/mol. The van der Waals surface area contributed by atoms with Gasteiger partial charge in [-0.05, 0) is 47.5 Å². The third kappa shape index (κ3) is 4.15. The van der Waals surface area contributed by atoms with Crippen LogP contribution in [0.5, 0.6) is 0 Å². The number of benzene rings is 3. The van der Waals surface area contributed by atoms with Gasteiger partial charge in [0.15, 0.2) is 6.29 Å². The molecule has 4 aromatic rings. The molecule has 8 nitrogen and oxygen atoms in total. The largest absolute Gasteiger partial charge is 0.394 e. The molecule has 1 aliphatic heterocycles. The predicted octanol–water partition coefficient (Wildman–Crippen LogP) is 1.90. The van der Waals surface area contributed by atoms with E-state index in [2.05, 4.69) is 11.4 Å². The molecule has 188 valence electrons. The van der Waals surface area contributed by atoms with E-state index in [1.807, 2.05) is 41.0 Å². The SMILES string of the molecule is C[C@]1(NC(=O)c2cn(Cc3ccc4ccccc4c3)c3ccc(F)cc23)C(O)O[C@H](CO)[C@@H](O)[C@@H]1O. The minimum absolute atomic E-state index is 0.129. The molecule has 3 aromatic carbocycles. The Morgan fingerprint density at radius 1 is 1.08 bits per heavy atom. The van der Waals surface area contributed by atoms with Crippen molar-refractivity contribution >= 4 is 27.6 Å². The zero-order valence-electron chi connectivity index (χ0n) is 19.5. The van der Waals surface area contributed by atoms with Gasteiger partial charge in [0.05, 0.1) is 12.2 Å². The van der Waals surface area contributed by atoms with E-state index in [9.17, 15) is 29.6 Å². The summed E-state index contributed by atoms with van der Waals surface area (Å²) < 4.78 is 21.2. The lowest BCUT2D eigenvalue weighted by Crippen LogP contribution is -2.71. The highest BCUT2D eigenvalue weighted by Gasteiger charge is 2.53. The summed E-state index contributed by atoms with van der Waals surface area (Å²) in [6.45, 7) is 1.12. The number of hydrogen-bond donors (Lipinski definition) is 5. The Bertz CT molecular complexity index is 1440. The summed E-state index contributed by atoms with van der Waals surface area (Å²) in [6.07, 6.45) is -4.51. The first-order valence-electron chi connectivity index (χ1n) is 11.6. The molecule has 0 saturated carbocycles. The van der Waals surface area contributed by atoms with Crippen LogP contribution in [0.15, 0.2) is 66.9 Å². The maximum Gasteiger partial charge on any atom is 0.254 e. The molecule has 0 aliphatic carbocycles. The molecule has 5 atom stereocenters. The van der Waals surface area contributed by atoms with Crippen molar-refractivity contribution in [3.05, 3.63) is 83.8 Å². The molecular weight excluding hydrogens is 467 g/mol. The Hall–Kier alpha value is -3.34. The number of nitrogens with zero attached hydrogens (tertiary/aromatic N) is 1. The van der Waals surface area contributed by atoms with Crippen LogP contribution < -0.4 is 5.32 Å².